The molecule has 0 amide bonds. The Balaban J connectivity index is 2.29. The van der Waals surface area contributed by atoms with Crippen molar-refractivity contribution in [3.05, 3.63) is 57.8 Å². The van der Waals surface area contributed by atoms with Crippen molar-refractivity contribution in [2.45, 2.75) is 19.8 Å². The number of hydrogen-bond donors (Lipinski definition) is 0. The van der Waals surface area contributed by atoms with Crippen LogP contribution >= 0.6 is 11.3 Å². The van der Waals surface area contributed by atoms with Crippen LogP contribution in [-0.4, -0.2) is 0 Å². The third kappa shape index (κ3) is 1.88. The molecule has 0 aliphatic rings. The van der Waals surface area contributed by atoms with Gasteiger partial charge in [-0.3, -0.25) is 0 Å². The van der Waals surface area contributed by atoms with Crippen molar-refractivity contribution in [1.29, 1.82) is 0 Å². The van der Waals surface area contributed by atoms with Crippen molar-refractivity contribution in [2.24, 2.45) is 0 Å². The van der Waals surface area contributed by atoms with E-state index in [0.717, 1.165) is 0 Å². The van der Waals surface area contributed by atoms with Crippen LogP contribution in [0.2, 0.25) is 0 Å². The number of thiophene rings is 1. The molecule has 0 radical (unpaired) electrons. The van der Waals surface area contributed by atoms with E-state index >= 15 is 0 Å². The minimum absolute atomic E-state index is 0.523. The molecule has 14 heavy (non-hydrogen) atoms. The Hall–Kier alpha value is -1.08. The van der Waals surface area contributed by atoms with Crippen molar-refractivity contribution in [1.82, 2.24) is 0 Å². The van der Waals surface area contributed by atoms with Crippen LogP contribution in [0.4, 0.5) is 0 Å². The van der Waals surface area contributed by atoms with Crippen molar-refractivity contribution in [3.8, 4) is 0 Å². The van der Waals surface area contributed by atoms with E-state index in [1.54, 1.807) is 0 Å². The minimum Gasteiger partial charge on any atom is -0.148 e. The first-order chi connectivity index (χ1) is 6.77. The van der Waals surface area contributed by atoms with Gasteiger partial charge in [0, 0.05) is 10.8 Å². The molecule has 0 N–H and O–H groups in total. The maximum absolute atomic E-state index is 2.28. The van der Waals surface area contributed by atoms with Gasteiger partial charge in [0.1, 0.15) is 0 Å². The lowest BCUT2D eigenvalue weighted by Gasteiger charge is -2.08. The van der Waals surface area contributed by atoms with E-state index in [2.05, 4.69) is 55.6 Å². The Kier molecular flexibility index (Phi) is 2.69. The van der Waals surface area contributed by atoms with Gasteiger partial charge in [-0.15, -0.1) is 11.3 Å². The quantitative estimate of drug-likeness (QED) is 0.684. The summed E-state index contributed by atoms with van der Waals surface area (Å²) >= 11 is 1.85. The summed E-state index contributed by atoms with van der Waals surface area (Å²) in [6.07, 6.45) is 0. The molecular weight excluding hydrogens is 188 g/mol. The van der Waals surface area contributed by atoms with Gasteiger partial charge in [-0.05, 0) is 29.5 Å². The van der Waals surface area contributed by atoms with Crippen molar-refractivity contribution < 1.29 is 0 Å². The van der Waals surface area contributed by atoms with E-state index in [-0.39, 0.29) is 0 Å². The first-order valence-electron chi connectivity index (χ1n) is 4.87. The zero-order chi connectivity index (χ0) is 9.97. The smallest absolute Gasteiger partial charge is 0.0155 e. The van der Waals surface area contributed by atoms with Gasteiger partial charge in [-0.25, -0.2) is 0 Å². The second-order valence-electron chi connectivity index (χ2n) is 3.66. The van der Waals surface area contributed by atoms with Crippen LogP contribution in [0.25, 0.3) is 0 Å². The normalized spacial score (nSPS) is 12.7. The van der Waals surface area contributed by atoms with Gasteiger partial charge in [0.2, 0.25) is 0 Å². The number of aryl methyl sites for hydroxylation is 1. The highest BCUT2D eigenvalue weighted by Gasteiger charge is 2.08. The maximum atomic E-state index is 2.28. The summed E-state index contributed by atoms with van der Waals surface area (Å²) in [6.45, 7) is 4.42. The molecule has 0 bridgehead atoms. The Morgan fingerprint density at radius 3 is 2.43 bits per heavy atom. The molecule has 1 atom stereocenters. The fourth-order valence-corrected chi connectivity index (χ4v) is 2.57. The first kappa shape index (κ1) is 9.47. The standard InChI is InChI=1S/C13H14S/c1-10-8-13(14-9-10)11(2)12-6-4-3-5-7-12/h3-9,11H,1-2H3. The molecule has 2 rings (SSSR count). The largest absolute Gasteiger partial charge is 0.148 e. The van der Waals surface area contributed by atoms with Crippen molar-refractivity contribution in [3.63, 3.8) is 0 Å². The monoisotopic (exact) mass is 202 g/mol. The summed E-state index contributed by atoms with van der Waals surface area (Å²) in [5.41, 5.74) is 2.77. The van der Waals surface area contributed by atoms with Gasteiger partial charge in [0.15, 0.2) is 0 Å². The molecule has 0 aliphatic carbocycles. The average molecular weight is 202 g/mol. The van der Waals surface area contributed by atoms with E-state index in [4.69, 9.17) is 0 Å². The summed E-state index contributed by atoms with van der Waals surface area (Å²) in [7, 11) is 0. The van der Waals surface area contributed by atoms with E-state index < -0.39 is 0 Å². The number of rotatable bonds is 2. The molecule has 0 fully saturated rings. The third-order valence-electron chi connectivity index (χ3n) is 2.48. The predicted molar refractivity (Wildman–Crippen MR) is 63.0 cm³/mol. The molecule has 1 aromatic heterocycles. The topological polar surface area (TPSA) is 0 Å². The zero-order valence-corrected chi connectivity index (χ0v) is 9.34. The van der Waals surface area contributed by atoms with E-state index in [0.29, 0.717) is 5.92 Å². The summed E-state index contributed by atoms with van der Waals surface area (Å²) in [4.78, 5) is 1.45. The molecule has 1 aromatic carbocycles. The van der Waals surface area contributed by atoms with Crippen molar-refractivity contribution >= 4 is 11.3 Å². The maximum Gasteiger partial charge on any atom is 0.0155 e. The second-order valence-corrected chi connectivity index (χ2v) is 4.60. The molecule has 0 spiro atoms. The average Bonchev–Trinajstić information content (AvgIpc) is 2.65. The van der Waals surface area contributed by atoms with Crippen LogP contribution in [0.3, 0.4) is 0 Å². The summed E-state index contributed by atoms with van der Waals surface area (Å²) in [5.74, 6) is 0.523. The van der Waals surface area contributed by atoms with Crippen LogP contribution in [0.1, 0.15) is 28.8 Å². The van der Waals surface area contributed by atoms with Gasteiger partial charge in [-0.2, -0.15) is 0 Å². The highest BCUT2D eigenvalue weighted by Crippen LogP contribution is 2.28. The highest BCUT2D eigenvalue weighted by atomic mass is 32.1. The Labute approximate surface area is 89.2 Å². The van der Waals surface area contributed by atoms with Gasteiger partial charge in [0.25, 0.3) is 0 Å². The van der Waals surface area contributed by atoms with Gasteiger partial charge >= 0.3 is 0 Å². The molecule has 1 heteroatoms. The summed E-state index contributed by atoms with van der Waals surface area (Å²) in [6, 6.07) is 12.9. The fraction of sp³-hybridized carbons (Fsp3) is 0.231. The molecule has 0 nitrogen and oxygen atoms in total. The lowest BCUT2D eigenvalue weighted by atomic mass is 9.99. The molecule has 0 saturated carbocycles. The molecule has 1 unspecified atom stereocenters. The number of hydrogen-bond acceptors (Lipinski definition) is 1. The van der Waals surface area contributed by atoms with E-state index in [9.17, 15) is 0 Å². The third-order valence-corrected chi connectivity index (χ3v) is 3.71. The Morgan fingerprint density at radius 1 is 1.14 bits per heavy atom. The van der Waals surface area contributed by atoms with Crippen LogP contribution in [0, 0.1) is 6.92 Å². The van der Waals surface area contributed by atoms with Crippen molar-refractivity contribution in [2.75, 3.05) is 0 Å². The molecule has 0 aliphatic heterocycles. The fourth-order valence-electron chi connectivity index (χ4n) is 1.59. The molecule has 72 valence electrons. The molecule has 0 saturated heterocycles. The van der Waals surface area contributed by atoms with Crippen LogP contribution in [0.5, 0.6) is 0 Å². The molecular formula is C13H14S. The van der Waals surface area contributed by atoms with Crippen LogP contribution < -0.4 is 0 Å². The van der Waals surface area contributed by atoms with Gasteiger partial charge < -0.3 is 0 Å². The lowest BCUT2D eigenvalue weighted by Crippen LogP contribution is -1.91. The van der Waals surface area contributed by atoms with Crippen LogP contribution in [-0.2, 0) is 0 Å². The summed E-state index contributed by atoms with van der Waals surface area (Å²) < 4.78 is 0. The SMILES string of the molecule is Cc1csc(C(C)c2ccccc2)c1. The second kappa shape index (κ2) is 3.97. The number of benzene rings is 1. The molecule has 2 aromatic rings. The summed E-state index contributed by atoms with van der Waals surface area (Å²) in [5, 5.41) is 2.22. The van der Waals surface area contributed by atoms with E-state index in [1.807, 2.05) is 11.3 Å². The predicted octanol–water partition coefficient (Wildman–Crippen LogP) is 4.21. The highest BCUT2D eigenvalue weighted by molar-refractivity contribution is 7.10. The van der Waals surface area contributed by atoms with Crippen LogP contribution in [0.15, 0.2) is 41.8 Å². The van der Waals surface area contributed by atoms with Gasteiger partial charge in [-0.1, -0.05) is 37.3 Å². The lowest BCUT2D eigenvalue weighted by molar-refractivity contribution is 0.947. The first-order valence-corrected chi connectivity index (χ1v) is 5.75. The van der Waals surface area contributed by atoms with Gasteiger partial charge in [0.05, 0.1) is 0 Å². The van der Waals surface area contributed by atoms with E-state index in [1.165, 1.54) is 16.0 Å². The minimum atomic E-state index is 0.523. The molecule has 1 heterocycles. The Bertz CT molecular complexity index is 400. The zero-order valence-electron chi connectivity index (χ0n) is 8.53. The Morgan fingerprint density at radius 2 is 1.86 bits per heavy atom.